The lowest BCUT2D eigenvalue weighted by molar-refractivity contribution is 0.220. The van der Waals surface area contributed by atoms with E-state index >= 15 is 0 Å². The van der Waals surface area contributed by atoms with Gasteiger partial charge in [0, 0.05) is 23.5 Å². The zero-order chi connectivity index (χ0) is 15.5. The maximum atomic E-state index is 12.3. The van der Waals surface area contributed by atoms with Crippen LogP contribution in [0.4, 0.5) is 9.93 Å². The first kappa shape index (κ1) is 15.3. The van der Waals surface area contributed by atoms with Gasteiger partial charge < -0.3 is 4.90 Å². The number of nitrogens with one attached hydrogen (secondary N) is 1. The molecule has 1 aliphatic rings. The van der Waals surface area contributed by atoms with Crippen molar-refractivity contribution in [2.75, 3.05) is 12.4 Å². The number of amides is 2. The summed E-state index contributed by atoms with van der Waals surface area (Å²) in [6, 6.07) is 7.39. The van der Waals surface area contributed by atoms with E-state index in [9.17, 15) is 4.79 Å². The first-order chi connectivity index (χ1) is 10.6. The summed E-state index contributed by atoms with van der Waals surface area (Å²) in [5.74, 6) is 0. The largest absolute Gasteiger partial charge is 0.323 e. The summed E-state index contributed by atoms with van der Waals surface area (Å²) in [6.07, 6.45) is 4.51. The van der Waals surface area contributed by atoms with E-state index in [0.29, 0.717) is 16.7 Å². The van der Waals surface area contributed by atoms with Crippen LogP contribution in [0.25, 0.3) is 0 Å². The van der Waals surface area contributed by atoms with Crippen LogP contribution in [-0.2, 0) is 19.4 Å². The highest BCUT2D eigenvalue weighted by Crippen LogP contribution is 2.29. The second kappa shape index (κ2) is 6.67. The van der Waals surface area contributed by atoms with Crippen LogP contribution in [0.1, 0.15) is 29.0 Å². The molecule has 6 heteroatoms. The van der Waals surface area contributed by atoms with Gasteiger partial charge in [0.1, 0.15) is 0 Å². The minimum absolute atomic E-state index is 0.161. The molecule has 2 amide bonds. The Labute approximate surface area is 139 Å². The average molecular weight is 336 g/mol. The van der Waals surface area contributed by atoms with E-state index in [2.05, 4.69) is 10.3 Å². The Kier molecular flexibility index (Phi) is 4.64. The summed E-state index contributed by atoms with van der Waals surface area (Å²) >= 11 is 7.73. The summed E-state index contributed by atoms with van der Waals surface area (Å²) in [4.78, 5) is 19.7. The summed E-state index contributed by atoms with van der Waals surface area (Å²) < 4.78 is 0. The van der Waals surface area contributed by atoms with Gasteiger partial charge in [0.25, 0.3) is 0 Å². The molecule has 0 atom stereocenters. The summed E-state index contributed by atoms with van der Waals surface area (Å²) in [5.41, 5.74) is 2.08. The fraction of sp³-hybridized carbons (Fsp3) is 0.375. The van der Waals surface area contributed by atoms with Crippen LogP contribution in [0, 0.1) is 0 Å². The van der Waals surface area contributed by atoms with Gasteiger partial charge in [-0.1, -0.05) is 29.8 Å². The van der Waals surface area contributed by atoms with Crippen molar-refractivity contribution in [3.05, 3.63) is 45.4 Å². The molecule has 3 rings (SSSR count). The molecule has 1 heterocycles. The number of thiazole rings is 1. The number of halogens is 1. The lowest BCUT2D eigenvalue weighted by Gasteiger charge is -2.17. The quantitative estimate of drug-likeness (QED) is 0.906. The first-order valence-electron chi connectivity index (χ1n) is 7.37. The van der Waals surface area contributed by atoms with Crippen LogP contribution < -0.4 is 5.32 Å². The number of hydrogen-bond acceptors (Lipinski definition) is 3. The van der Waals surface area contributed by atoms with Gasteiger partial charge in [-0.2, -0.15) is 0 Å². The number of hydrogen-bond donors (Lipinski definition) is 1. The van der Waals surface area contributed by atoms with Gasteiger partial charge >= 0.3 is 6.03 Å². The van der Waals surface area contributed by atoms with Crippen LogP contribution >= 0.6 is 22.9 Å². The average Bonchev–Trinajstić information content (AvgIpc) is 2.91. The number of aryl methyl sites for hydroxylation is 2. The summed E-state index contributed by atoms with van der Waals surface area (Å²) in [5, 5.41) is 4.26. The summed E-state index contributed by atoms with van der Waals surface area (Å²) in [6.45, 7) is 0.469. The van der Waals surface area contributed by atoms with E-state index in [1.807, 2.05) is 24.3 Å². The molecule has 116 valence electrons. The van der Waals surface area contributed by atoms with E-state index in [-0.39, 0.29) is 6.03 Å². The number of rotatable bonds is 3. The zero-order valence-electron chi connectivity index (χ0n) is 12.4. The Morgan fingerprint density at radius 2 is 2.14 bits per heavy atom. The van der Waals surface area contributed by atoms with Gasteiger partial charge in [0.15, 0.2) is 5.13 Å². The molecule has 0 bridgehead atoms. The molecule has 0 fully saturated rings. The molecule has 0 spiro atoms. The van der Waals surface area contributed by atoms with Crippen molar-refractivity contribution in [2.24, 2.45) is 0 Å². The highest BCUT2D eigenvalue weighted by Gasteiger charge is 2.18. The van der Waals surface area contributed by atoms with Crippen molar-refractivity contribution in [3.8, 4) is 0 Å². The lowest BCUT2D eigenvalue weighted by atomic mass is 10.0. The topological polar surface area (TPSA) is 45.2 Å². The van der Waals surface area contributed by atoms with Crippen molar-refractivity contribution in [2.45, 2.75) is 32.2 Å². The second-order valence-electron chi connectivity index (χ2n) is 5.47. The standard InChI is InChI=1S/C16H18ClN3OS/c1-20(10-11-6-2-3-7-12(11)17)16(21)19-15-18-13-8-4-5-9-14(13)22-15/h2-3,6-7H,4-5,8-10H2,1H3,(H,18,19,21). The third-order valence-corrected chi connectivity index (χ3v) is 5.21. The molecule has 1 aromatic heterocycles. The van der Waals surface area contributed by atoms with Crippen LogP contribution in [0.5, 0.6) is 0 Å². The zero-order valence-corrected chi connectivity index (χ0v) is 14.0. The number of benzene rings is 1. The highest BCUT2D eigenvalue weighted by atomic mass is 35.5. The van der Waals surface area contributed by atoms with Crippen LogP contribution in [0.3, 0.4) is 0 Å². The Bertz CT molecular complexity index is 662. The normalized spacial score (nSPS) is 13.5. The van der Waals surface area contributed by atoms with Crippen molar-refractivity contribution in [1.82, 2.24) is 9.88 Å². The lowest BCUT2D eigenvalue weighted by Crippen LogP contribution is -2.30. The molecule has 1 aliphatic carbocycles. The van der Waals surface area contributed by atoms with E-state index in [1.165, 1.54) is 17.7 Å². The van der Waals surface area contributed by atoms with E-state index in [0.717, 1.165) is 24.1 Å². The Balaban J connectivity index is 1.64. The molecule has 0 saturated carbocycles. The van der Waals surface area contributed by atoms with E-state index < -0.39 is 0 Å². The van der Waals surface area contributed by atoms with Crippen LogP contribution in [0.2, 0.25) is 5.02 Å². The predicted molar refractivity (Wildman–Crippen MR) is 90.7 cm³/mol. The Morgan fingerprint density at radius 3 is 2.91 bits per heavy atom. The number of aromatic nitrogens is 1. The van der Waals surface area contributed by atoms with Gasteiger partial charge in [-0.15, -0.1) is 11.3 Å². The van der Waals surface area contributed by atoms with Crippen molar-refractivity contribution >= 4 is 34.1 Å². The smallest absolute Gasteiger partial charge is 0.323 e. The maximum absolute atomic E-state index is 12.3. The number of fused-ring (bicyclic) bond motifs is 1. The van der Waals surface area contributed by atoms with E-state index in [4.69, 9.17) is 11.6 Å². The van der Waals surface area contributed by atoms with Gasteiger partial charge in [-0.05, 0) is 37.3 Å². The minimum Gasteiger partial charge on any atom is -0.323 e. The third kappa shape index (κ3) is 3.42. The molecule has 2 aromatic rings. The monoisotopic (exact) mass is 335 g/mol. The van der Waals surface area contributed by atoms with Crippen molar-refractivity contribution < 1.29 is 4.79 Å². The highest BCUT2D eigenvalue weighted by molar-refractivity contribution is 7.15. The molecule has 4 nitrogen and oxygen atoms in total. The van der Waals surface area contributed by atoms with Crippen molar-refractivity contribution in [3.63, 3.8) is 0 Å². The van der Waals surface area contributed by atoms with Gasteiger partial charge in [-0.25, -0.2) is 9.78 Å². The summed E-state index contributed by atoms with van der Waals surface area (Å²) in [7, 11) is 1.76. The number of carbonyl (C=O) groups is 1. The molecule has 1 aromatic carbocycles. The molecule has 0 unspecified atom stereocenters. The van der Waals surface area contributed by atoms with Crippen molar-refractivity contribution in [1.29, 1.82) is 0 Å². The predicted octanol–water partition coefficient (Wildman–Crippen LogP) is 4.34. The number of urea groups is 1. The SMILES string of the molecule is CN(Cc1ccccc1Cl)C(=O)Nc1nc2c(s1)CCCC2. The molecule has 0 aliphatic heterocycles. The number of anilines is 1. The van der Waals surface area contributed by atoms with Gasteiger partial charge in [0.05, 0.1) is 5.69 Å². The molecule has 22 heavy (non-hydrogen) atoms. The Hall–Kier alpha value is -1.59. The first-order valence-corrected chi connectivity index (χ1v) is 8.57. The second-order valence-corrected chi connectivity index (χ2v) is 6.96. The Morgan fingerprint density at radius 1 is 1.36 bits per heavy atom. The molecular weight excluding hydrogens is 318 g/mol. The third-order valence-electron chi connectivity index (χ3n) is 3.77. The molecule has 1 N–H and O–H groups in total. The molecule has 0 saturated heterocycles. The number of carbonyl (C=O) groups excluding carboxylic acids is 1. The molecular formula is C16H18ClN3OS. The van der Waals surface area contributed by atoms with E-state index in [1.54, 1.807) is 23.3 Å². The van der Waals surface area contributed by atoms with Gasteiger partial charge in [0.2, 0.25) is 0 Å². The fourth-order valence-electron chi connectivity index (χ4n) is 2.55. The fourth-order valence-corrected chi connectivity index (χ4v) is 3.78. The van der Waals surface area contributed by atoms with Crippen LogP contribution in [-0.4, -0.2) is 23.0 Å². The minimum atomic E-state index is -0.161. The molecule has 0 radical (unpaired) electrons. The van der Waals surface area contributed by atoms with Gasteiger partial charge in [-0.3, -0.25) is 5.32 Å². The number of nitrogens with zero attached hydrogens (tertiary/aromatic N) is 2. The van der Waals surface area contributed by atoms with Crippen LogP contribution in [0.15, 0.2) is 24.3 Å². The maximum Gasteiger partial charge on any atom is 0.323 e.